The van der Waals surface area contributed by atoms with E-state index in [9.17, 15) is 9.18 Å². The van der Waals surface area contributed by atoms with Gasteiger partial charge in [-0.15, -0.1) is 0 Å². The van der Waals surface area contributed by atoms with Gasteiger partial charge < -0.3 is 9.84 Å². The van der Waals surface area contributed by atoms with Crippen LogP contribution in [-0.4, -0.2) is 22.7 Å². The first kappa shape index (κ1) is 13.3. The molecule has 0 aliphatic rings. The Morgan fingerprint density at radius 3 is 2.84 bits per heavy atom. The summed E-state index contributed by atoms with van der Waals surface area (Å²) < 4.78 is 18.8. The van der Waals surface area contributed by atoms with E-state index in [-0.39, 0.29) is 17.3 Å². The lowest BCUT2D eigenvalue weighted by molar-refractivity contribution is 0.0691. The van der Waals surface area contributed by atoms with E-state index in [1.807, 2.05) is 6.92 Å². The Morgan fingerprint density at radius 1 is 1.47 bits per heavy atom. The molecule has 0 saturated heterocycles. The molecule has 0 atom stereocenters. The first-order valence-electron chi connectivity index (χ1n) is 6.00. The maximum Gasteiger partial charge on any atom is 0.341 e. The summed E-state index contributed by atoms with van der Waals surface area (Å²) in [6.45, 7) is 3.88. The SMILES string of the molecule is CCCOc1nc2c(C)c(F)ccc2cc1C(=O)O. The number of aromatic nitrogens is 1. The lowest BCUT2D eigenvalue weighted by atomic mass is 10.1. The minimum Gasteiger partial charge on any atom is -0.477 e. The summed E-state index contributed by atoms with van der Waals surface area (Å²) in [5.74, 6) is -1.44. The molecule has 1 aromatic heterocycles. The summed E-state index contributed by atoms with van der Waals surface area (Å²) in [6, 6.07) is 4.28. The summed E-state index contributed by atoms with van der Waals surface area (Å²) in [6.07, 6.45) is 0.737. The number of halogens is 1. The molecule has 0 fully saturated rings. The third-order valence-corrected chi connectivity index (χ3v) is 2.81. The number of carboxylic acids is 1. The number of nitrogens with zero attached hydrogens (tertiary/aromatic N) is 1. The Morgan fingerprint density at radius 2 is 2.21 bits per heavy atom. The average Bonchev–Trinajstić information content (AvgIpc) is 2.40. The highest BCUT2D eigenvalue weighted by Gasteiger charge is 2.16. The van der Waals surface area contributed by atoms with Crippen molar-refractivity contribution < 1.29 is 19.0 Å². The largest absolute Gasteiger partial charge is 0.477 e. The first-order chi connectivity index (χ1) is 9.04. The molecule has 0 saturated carbocycles. The fraction of sp³-hybridized carbons (Fsp3) is 0.286. The first-order valence-corrected chi connectivity index (χ1v) is 6.00. The molecule has 0 bridgehead atoms. The zero-order chi connectivity index (χ0) is 14.0. The molecule has 0 aliphatic heterocycles. The number of rotatable bonds is 4. The lowest BCUT2D eigenvalue weighted by Gasteiger charge is -2.10. The number of aryl methyl sites for hydroxylation is 1. The summed E-state index contributed by atoms with van der Waals surface area (Å²) >= 11 is 0. The van der Waals surface area contributed by atoms with E-state index in [0.29, 0.717) is 23.1 Å². The summed E-state index contributed by atoms with van der Waals surface area (Å²) in [5.41, 5.74) is 0.804. The highest BCUT2D eigenvalue weighted by Crippen LogP contribution is 2.26. The van der Waals surface area contributed by atoms with Gasteiger partial charge in [-0.1, -0.05) is 6.92 Å². The van der Waals surface area contributed by atoms with Crippen molar-refractivity contribution in [2.45, 2.75) is 20.3 Å². The van der Waals surface area contributed by atoms with Gasteiger partial charge in [-0.25, -0.2) is 14.2 Å². The molecule has 1 aromatic carbocycles. The van der Waals surface area contributed by atoms with Gasteiger partial charge in [-0.3, -0.25) is 0 Å². The van der Waals surface area contributed by atoms with Gasteiger partial charge in [-0.2, -0.15) is 0 Å². The fourth-order valence-electron chi connectivity index (χ4n) is 1.80. The lowest BCUT2D eigenvalue weighted by Crippen LogP contribution is -2.06. The van der Waals surface area contributed by atoms with Gasteiger partial charge in [0.2, 0.25) is 5.88 Å². The summed E-state index contributed by atoms with van der Waals surface area (Å²) in [7, 11) is 0. The van der Waals surface area contributed by atoms with E-state index in [1.54, 1.807) is 6.92 Å². The van der Waals surface area contributed by atoms with Crippen molar-refractivity contribution in [1.82, 2.24) is 4.98 Å². The number of ether oxygens (including phenoxy) is 1. The Balaban J connectivity index is 2.66. The van der Waals surface area contributed by atoms with Crippen molar-refractivity contribution in [3.05, 3.63) is 35.1 Å². The fourth-order valence-corrected chi connectivity index (χ4v) is 1.80. The van der Waals surface area contributed by atoms with Crippen molar-refractivity contribution in [2.75, 3.05) is 6.61 Å². The van der Waals surface area contributed by atoms with Gasteiger partial charge in [-0.05, 0) is 31.5 Å². The number of carbonyl (C=O) groups is 1. The number of aromatic carboxylic acids is 1. The molecule has 0 aliphatic carbocycles. The maximum atomic E-state index is 13.5. The third-order valence-electron chi connectivity index (χ3n) is 2.81. The molecule has 19 heavy (non-hydrogen) atoms. The van der Waals surface area contributed by atoms with Crippen LogP contribution in [0, 0.1) is 12.7 Å². The second kappa shape index (κ2) is 5.22. The maximum absolute atomic E-state index is 13.5. The van der Waals surface area contributed by atoms with Crippen LogP contribution in [0.5, 0.6) is 5.88 Å². The zero-order valence-electron chi connectivity index (χ0n) is 10.7. The summed E-state index contributed by atoms with van der Waals surface area (Å²) in [4.78, 5) is 15.3. The molecular formula is C14H14FNO3. The monoisotopic (exact) mass is 263 g/mol. The van der Waals surface area contributed by atoms with Crippen LogP contribution in [0.15, 0.2) is 18.2 Å². The standard InChI is InChI=1S/C14H14FNO3/c1-3-6-19-13-10(14(17)18)7-9-4-5-11(15)8(2)12(9)16-13/h4-5,7H,3,6H2,1-2H3,(H,17,18). The van der Waals surface area contributed by atoms with Gasteiger partial charge in [0, 0.05) is 10.9 Å². The Labute approximate surface area is 109 Å². The van der Waals surface area contributed by atoms with Gasteiger partial charge in [0.15, 0.2) is 0 Å². The quantitative estimate of drug-likeness (QED) is 0.920. The molecule has 0 unspecified atom stereocenters. The highest BCUT2D eigenvalue weighted by molar-refractivity contribution is 5.96. The van der Waals surface area contributed by atoms with Crippen molar-refractivity contribution in [3.8, 4) is 5.88 Å². The Hall–Kier alpha value is -2.17. The van der Waals surface area contributed by atoms with E-state index in [2.05, 4.69) is 4.98 Å². The van der Waals surface area contributed by atoms with E-state index in [1.165, 1.54) is 18.2 Å². The van der Waals surface area contributed by atoms with E-state index < -0.39 is 5.97 Å². The van der Waals surface area contributed by atoms with Gasteiger partial charge in [0.1, 0.15) is 11.4 Å². The number of hydrogen-bond donors (Lipinski definition) is 1. The van der Waals surface area contributed by atoms with E-state index in [0.717, 1.165) is 6.42 Å². The summed E-state index contributed by atoms with van der Waals surface area (Å²) in [5, 5.41) is 9.74. The second-order valence-corrected chi connectivity index (χ2v) is 4.24. The average molecular weight is 263 g/mol. The van der Waals surface area contributed by atoms with E-state index >= 15 is 0 Å². The smallest absolute Gasteiger partial charge is 0.341 e. The van der Waals surface area contributed by atoms with Crippen LogP contribution in [0.2, 0.25) is 0 Å². The predicted molar refractivity (Wildman–Crippen MR) is 69.2 cm³/mol. The molecule has 5 heteroatoms. The minimum atomic E-state index is -1.11. The van der Waals surface area contributed by atoms with E-state index in [4.69, 9.17) is 9.84 Å². The van der Waals surface area contributed by atoms with Crippen LogP contribution in [0.4, 0.5) is 4.39 Å². The van der Waals surface area contributed by atoms with Crippen molar-refractivity contribution >= 4 is 16.9 Å². The number of pyridine rings is 1. The third kappa shape index (κ3) is 2.50. The van der Waals surface area contributed by atoms with Crippen molar-refractivity contribution in [1.29, 1.82) is 0 Å². The molecule has 2 rings (SSSR count). The molecule has 0 amide bonds. The normalized spacial score (nSPS) is 10.7. The number of hydrogen-bond acceptors (Lipinski definition) is 3. The highest BCUT2D eigenvalue weighted by atomic mass is 19.1. The molecule has 2 aromatic rings. The van der Waals surface area contributed by atoms with Crippen LogP contribution in [-0.2, 0) is 0 Å². The van der Waals surface area contributed by atoms with Crippen LogP contribution < -0.4 is 4.74 Å². The van der Waals surface area contributed by atoms with Crippen molar-refractivity contribution in [2.24, 2.45) is 0 Å². The number of benzene rings is 1. The molecule has 4 nitrogen and oxygen atoms in total. The molecule has 1 heterocycles. The second-order valence-electron chi connectivity index (χ2n) is 4.24. The number of fused-ring (bicyclic) bond motifs is 1. The van der Waals surface area contributed by atoms with Gasteiger partial charge in [0.05, 0.1) is 12.1 Å². The van der Waals surface area contributed by atoms with Crippen LogP contribution in [0.25, 0.3) is 10.9 Å². The van der Waals surface area contributed by atoms with Crippen molar-refractivity contribution in [3.63, 3.8) is 0 Å². The molecule has 100 valence electrons. The Bertz CT molecular complexity index is 640. The van der Waals surface area contributed by atoms with Crippen LogP contribution >= 0.6 is 0 Å². The zero-order valence-corrected chi connectivity index (χ0v) is 10.7. The topological polar surface area (TPSA) is 59.4 Å². The van der Waals surface area contributed by atoms with Gasteiger partial charge >= 0.3 is 5.97 Å². The molecule has 0 radical (unpaired) electrons. The van der Waals surface area contributed by atoms with Crippen LogP contribution in [0.3, 0.4) is 0 Å². The Kier molecular flexibility index (Phi) is 3.64. The predicted octanol–water partition coefficient (Wildman–Crippen LogP) is 3.17. The molecule has 0 spiro atoms. The molecule has 1 N–H and O–H groups in total. The number of carboxylic acid groups (broad SMARTS) is 1. The van der Waals surface area contributed by atoms with Gasteiger partial charge in [0.25, 0.3) is 0 Å². The van der Waals surface area contributed by atoms with Crippen LogP contribution in [0.1, 0.15) is 29.3 Å². The molecular weight excluding hydrogens is 249 g/mol. The minimum absolute atomic E-state index is 0.00745.